The number of hydrogen-bond acceptors (Lipinski definition) is 6. The lowest BCUT2D eigenvalue weighted by Crippen LogP contribution is -2.30. The van der Waals surface area contributed by atoms with Crippen molar-refractivity contribution in [3.05, 3.63) is 24.3 Å². The molecular weight excluding hydrogens is 949 g/mol. The Bertz CT molecular complexity index is 1240. The molecule has 0 amide bonds. The van der Waals surface area contributed by atoms with Crippen molar-refractivity contribution in [2.75, 3.05) is 13.2 Å². The highest BCUT2D eigenvalue weighted by Crippen LogP contribution is 2.19. The van der Waals surface area contributed by atoms with Crippen molar-refractivity contribution in [3.63, 3.8) is 0 Å². The number of esters is 3. The zero-order chi connectivity index (χ0) is 55.7. The fourth-order valence-corrected chi connectivity index (χ4v) is 10.7. The molecule has 0 aromatic rings. The van der Waals surface area contributed by atoms with Crippen molar-refractivity contribution in [2.24, 2.45) is 0 Å². The van der Waals surface area contributed by atoms with Crippen LogP contribution in [0.3, 0.4) is 0 Å². The summed E-state index contributed by atoms with van der Waals surface area (Å²) in [6, 6.07) is 0. The van der Waals surface area contributed by atoms with Crippen molar-refractivity contribution in [2.45, 2.75) is 399 Å². The molecule has 0 aromatic carbocycles. The van der Waals surface area contributed by atoms with E-state index < -0.39 is 6.10 Å². The van der Waals surface area contributed by atoms with Gasteiger partial charge in [0.2, 0.25) is 0 Å². The Morgan fingerprint density at radius 2 is 0.468 bits per heavy atom. The van der Waals surface area contributed by atoms with Crippen LogP contribution in [0.5, 0.6) is 0 Å². The summed E-state index contributed by atoms with van der Waals surface area (Å²) in [6.07, 6.45) is 80.5. The van der Waals surface area contributed by atoms with E-state index in [1.165, 1.54) is 289 Å². The van der Waals surface area contributed by atoms with Gasteiger partial charge in [-0.1, -0.05) is 347 Å². The molecule has 0 rings (SSSR count). The zero-order valence-electron chi connectivity index (χ0n) is 52.3. The highest BCUT2D eigenvalue weighted by molar-refractivity contribution is 5.71. The van der Waals surface area contributed by atoms with E-state index in [0.717, 1.165) is 64.2 Å². The first kappa shape index (κ1) is 74.9. The number of unbranched alkanes of at least 4 members (excludes halogenated alkanes) is 50. The average Bonchev–Trinajstić information content (AvgIpc) is 3.43. The maximum absolute atomic E-state index is 13.0. The second-order valence-electron chi connectivity index (χ2n) is 23.8. The summed E-state index contributed by atoms with van der Waals surface area (Å²) in [5.41, 5.74) is 0. The summed E-state index contributed by atoms with van der Waals surface area (Å²) >= 11 is 0. The topological polar surface area (TPSA) is 78.9 Å². The van der Waals surface area contributed by atoms with Crippen molar-refractivity contribution in [1.82, 2.24) is 0 Å². The summed E-state index contributed by atoms with van der Waals surface area (Å²) in [5.74, 6) is -0.836. The van der Waals surface area contributed by atoms with Gasteiger partial charge in [0, 0.05) is 19.3 Å². The van der Waals surface area contributed by atoms with Crippen LogP contribution in [-0.4, -0.2) is 37.2 Å². The van der Waals surface area contributed by atoms with E-state index in [0.29, 0.717) is 19.3 Å². The molecule has 0 N–H and O–H groups in total. The molecule has 1 unspecified atom stereocenters. The number of hydrogen-bond donors (Lipinski definition) is 0. The molecule has 77 heavy (non-hydrogen) atoms. The first-order valence-electron chi connectivity index (χ1n) is 34.8. The monoisotopic (exact) mass is 1080 g/mol. The van der Waals surface area contributed by atoms with Crippen LogP contribution < -0.4 is 0 Å². The van der Waals surface area contributed by atoms with Gasteiger partial charge in [-0.2, -0.15) is 0 Å². The minimum Gasteiger partial charge on any atom is -0.462 e. The molecule has 0 fully saturated rings. The van der Waals surface area contributed by atoms with Crippen LogP contribution in [0.25, 0.3) is 0 Å². The van der Waals surface area contributed by atoms with E-state index >= 15 is 0 Å². The Labute approximate surface area is 481 Å². The molecule has 6 nitrogen and oxygen atoms in total. The number of carbonyl (C=O) groups is 3. The Hall–Kier alpha value is -2.11. The quantitative estimate of drug-likeness (QED) is 0.0261. The lowest BCUT2D eigenvalue weighted by atomic mass is 10.0. The van der Waals surface area contributed by atoms with Crippen LogP contribution >= 0.6 is 0 Å². The van der Waals surface area contributed by atoms with E-state index in [9.17, 15) is 14.4 Å². The van der Waals surface area contributed by atoms with Crippen LogP contribution in [0.1, 0.15) is 393 Å². The molecule has 0 aliphatic heterocycles. The minimum absolute atomic E-state index is 0.0656. The first-order valence-corrected chi connectivity index (χ1v) is 34.8. The highest BCUT2D eigenvalue weighted by atomic mass is 16.6. The van der Waals surface area contributed by atoms with Crippen molar-refractivity contribution in [1.29, 1.82) is 0 Å². The molecule has 0 saturated heterocycles. The molecule has 0 aliphatic carbocycles. The summed E-state index contributed by atoms with van der Waals surface area (Å²) in [7, 11) is 0. The van der Waals surface area contributed by atoms with Gasteiger partial charge in [0.15, 0.2) is 6.10 Å². The molecule has 0 spiro atoms. The fraction of sp³-hybridized carbons (Fsp3) is 0.901. The van der Waals surface area contributed by atoms with E-state index in [1.54, 1.807) is 0 Å². The number of rotatable bonds is 65. The van der Waals surface area contributed by atoms with Crippen LogP contribution in [0.15, 0.2) is 24.3 Å². The summed E-state index contributed by atoms with van der Waals surface area (Å²) in [5, 5.41) is 0. The molecular formula is C71H134O6. The van der Waals surface area contributed by atoms with Gasteiger partial charge in [-0.3, -0.25) is 14.4 Å². The zero-order valence-corrected chi connectivity index (χ0v) is 52.3. The van der Waals surface area contributed by atoms with Crippen LogP contribution in [0.4, 0.5) is 0 Å². The van der Waals surface area contributed by atoms with Gasteiger partial charge in [-0.15, -0.1) is 0 Å². The Balaban J connectivity index is 4.31. The van der Waals surface area contributed by atoms with Crippen LogP contribution in [0.2, 0.25) is 0 Å². The third-order valence-corrected chi connectivity index (χ3v) is 16.0. The van der Waals surface area contributed by atoms with Crippen LogP contribution in [0, 0.1) is 0 Å². The third-order valence-electron chi connectivity index (χ3n) is 16.0. The molecule has 6 heteroatoms. The molecule has 1 atom stereocenters. The molecule has 0 radical (unpaired) electrons. The predicted octanol–water partition coefficient (Wildman–Crippen LogP) is 23.8. The molecule has 0 aromatic heterocycles. The van der Waals surface area contributed by atoms with Gasteiger partial charge in [0.1, 0.15) is 13.2 Å². The molecule has 0 bridgehead atoms. The predicted molar refractivity (Wildman–Crippen MR) is 335 cm³/mol. The number of carbonyl (C=O) groups excluding carboxylic acids is 3. The summed E-state index contributed by atoms with van der Waals surface area (Å²) < 4.78 is 17.0. The second-order valence-corrected chi connectivity index (χ2v) is 23.8. The summed E-state index contributed by atoms with van der Waals surface area (Å²) in [6.45, 7) is 6.72. The minimum atomic E-state index is -0.770. The van der Waals surface area contributed by atoms with Crippen molar-refractivity contribution < 1.29 is 28.6 Å². The lowest BCUT2D eigenvalue weighted by molar-refractivity contribution is -0.167. The second kappa shape index (κ2) is 66.4. The van der Waals surface area contributed by atoms with Gasteiger partial charge in [0.05, 0.1) is 0 Å². The van der Waals surface area contributed by atoms with Gasteiger partial charge >= 0.3 is 17.9 Å². The van der Waals surface area contributed by atoms with Crippen molar-refractivity contribution >= 4 is 17.9 Å². The molecule has 454 valence electrons. The molecule has 0 saturated carbocycles. The van der Waals surface area contributed by atoms with E-state index in [2.05, 4.69) is 45.1 Å². The van der Waals surface area contributed by atoms with Gasteiger partial charge in [-0.05, 0) is 51.4 Å². The van der Waals surface area contributed by atoms with Gasteiger partial charge < -0.3 is 14.2 Å². The average molecular weight is 1080 g/mol. The number of allylic oxidation sites excluding steroid dienone is 4. The van der Waals surface area contributed by atoms with Gasteiger partial charge in [0.25, 0.3) is 0 Å². The van der Waals surface area contributed by atoms with E-state index in [1.807, 2.05) is 0 Å². The Kier molecular flexibility index (Phi) is 64.6. The highest BCUT2D eigenvalue weighted by Gasteiger charge is 2.19. The third kappa shape index (κ3) is 64.6. The van der Waals surface area contributed by atoms with Gasteiger partial charge in [-0.25, -0.2) is 0 Å². The number of ether oxygens (including phenoxy) is 3. The molecule has 0 heterocycles. The van der Waals surface area contributed by atoms with Crippen molar-refractivity contribution in [3.8, 4) is 0 Å². The maximum atomic E-state index is 13.0. The Morgan fingerprint density at radius 3 is 0.714 bits per heavy atom. The first-order chi connectivity index (χ1) is 38.0. The van der Waals surface area contributed by atoms with E-state index in [-0.39, 0.29) is 31.1 Å². The lowest BCUT2D eigenvalue weighted by Gasteiger charge is -2.18. The Morgan fingerprint density at radius 1 is 0.260 bits per heavy atom. The normalized spacial score (nSPS) is 12.1. The summed E-state index contributed by atoms with van der Waals surface area (Å²) in [4.78, 5) is 38.5. The maximum Gasteiger partial charge on any atom is 0.306 e. The van der Waals surface area contributed by atoms with E-state index in [4.69, 9.17) is 14.2 Å². The largest absolute Gasteiger partial charge is 0.462 e. The standard InChI is InChI=1S/C71H134O6/c1-4-7-10-13-16-19-22-25-28-31-34-35-38-40-43-46-49-52-55-58-61-64-70(73)76-67-68(77-71(74)65-62-59-56-53-50-47-44-41-37-33-30-27-24-21-18-15-12-9-6-3)66-75-69(72)63-60-57-54-51-48-45-42-39-36-32-29-26-23-20-17-14-11-8-5-2/h22,25,31,34,68H,4-21,23-24,26-30,32-33,35-67H2,1-3H3/b25-22-,34-31-. The smallest absolute Gasteiger partial charge is 0.306 e. The van der Waals surface area contributed by atoms with Crippen LogP contribution in [-0.2, 0) is 28.6 Å². The molecule has 0 aliphatic rings. The SMILES string of the molecule is CCCCCCC/C=C\C/C=C\CCCCCCCCCCCC(=O)OCC(COC(=O)CCCCCCCCCCCCCCCCCCCCC)OC(=O)CCCCCCCCCCCCCCCCCCCCC. The fourth-order valence-electron chi connectivity index (χ4n) is 10.7.